The van der Waals surface area contributed by atoms with E-state index in [1.54, 1.807) is 7.05 Å². The molecule has 0 saturated heterocycles. The maximum Gasteiger partial charge on any atom is 0.271 e. The van der Waals surface area contributed by atoms with Gasteiger partial charge in [0.2, 0.25) is 5.91 Å². The van der Waals surface area contributed by atoms with Gasteiger partial charge in [-0.3, -0.25) is 9.59 Å². The van der Waals surface area contributed by atoms with E-state index in [1.165, 1.54) is 17.9 Å². The van der Waals surface area contributed by atoms with Crippen LogP contribution in [0.3, 0.4) is 0 Å². The zero-order valence-corrected chi connectivity index (χ0v) is 8.57. The van der Waals surface area contributed by atoms with Gasteiger partial charge in [0.15, 0.2) is 11.5 Å². The maximum absolute atomic E-state index is 11.5. The highest BCUT2D eigenvalue weighted by atomic mass is 16.2. The molecule has 0 aliphatic rings. The van der Waals surface area contributed by atoms with E-state index in [2.05, 4.69) is 15.6 Å². The van der Waals surface area contributed by atoms with E-state index < -0.39 is 5.91 Å². The minimum absolute atomic E-state index is 0.0720. The van der Waals surface area contributed by atoms with Crippen LogP contribution in [0.2, 0.25) is 0 Å². The second-order valence-corrected chi connectivity index (χ2v) is 2.87. The number of rotatable bonds is 4. The van der Waals surface area contributed by atoms with E-state index in [0.717, 1.165) is 0 Å². The number of hydrogen-bond acceptors (Lipinski definition) is 4. The molecule has 0 aliphatic carbocycles. The number of primary amides is 1. The average Bonchev–Trinajstić information content (AvgIpc) is 2.58. The molecule has 7 nitrogen and oxygen atoms in total. The number of imidazole rings is 1. The smallest absolute Gasteiger partial charge is 0.271 e. The molecule has 82 valence electrons. The molecule has 0 bridgehead atoms. The molecule has 0 aliphatic heterocycles. The van der Waals surface area contributed by atoms with Crippen LogP contribution in [0.5, 0.6) is 0 Å². The molecule has 4 N–H and O–H groups in total. The zero-order valence-electron chi connectivity index (χ0n) is 8.57. The first-order valence-corrected chi connectivity index (χ1v) is 4.33. The lowest BCUT2D eigenvalue weighted by molar-refractivity contribution is -0.118. The SMILES string of the molecule is CNC(=O)c1c(NC)ncn1CC(N)=O. The Labute approximate surface area is 86.7 Å². The van der Waals surface area contributed by atoms with Crippen molar-refractivity contribution in [2.75, 3.05) is 19.4 Å². The zero-order chi connectivity index (χ0) is 11.4. The first-order chi connectivity index (χ1) is 7.10. The molecule has 0 atom stereocenters. The molecule has 0 saturated carbocycles. The quantitative estimate of drug-likeness (QED) is 0.580. The van der Waals surface area contributed by atoms with Gasteiger partial charge >= 0.3 is 0 Å². The second kappa shape index (κ2) is 4.45. The van der Waals surface area contributed by atoms with Crippen molar-refractivity contribution in [1.82, 2.24) is 14.9 Å². The van der Waals surface area contributed by atoms with Crippen molar-refractivity contribution in [2.24, 2.45) is 5.73 Å². The molecule has 1 heterocycles. The summed E-state index contributed by atoms with van der Waals surface area (Å²) in [5.74, 6) is -0.436. The van der Waals surface area contributed by atoms with Crippen LogP contribution in [0.1, 0.15) is 10.5 Å². The molecule has 0 radical (unpaired) electrons. The summed E-state index contributed by atoms with van der Waals surface area (Å²) < 4.78 is 1.40. The fraction of sp³-hybridized carbons (Fsp3) is 0.375. The van der Waals surface area contributed by atoms with Crippen LogP contribution >= 0.6 is 0 Å². The second-order valence-electron chi connectivity index (χ2n) is 2.87. The van der Waals surface area contributed by atoms with Gasteiger partial charge in [0.1, 0.15) is 6.54 Å². The van der Waals surface area contributed by atoms with Gasteiger partial charge in [-0.1, -0.05) is 0 Å². The Morgan fingerprint density at radius 2 is 2.20 bits per heavy atom. The molecule has 0 aromatic carbocycles. The minimum atomic E-state index is -0.528. The minimum Gasteiger partial charge on any atom is -0.371 e. The highest BCUT2D eigenvalue weighted by Crippen LogP contribution is 2.12. The normalized spacial score (nSPS) is 9.73. The molecule has 15 heavy (non-hydrogen) atoms. The molecular weight excluding hydrogens is 198 g/mol. The van der Waals surface area contributed by atoms with Crippen molar-refractivity contribution in [3.8, 4) is 0 Å². The third-order valence-corrected chi connectivity index (χ3v) is 1.84. The number of carbonyl (C=O) groups excluding carboxylic acids is 2. The van der Waals surface area contributed by atoms with E-state index >= 15 is 0 Å². The third-order valence-electron chi connectivity index (χ3n) is 1.84. The summed E-state index contributed by atoms with van der Waals surface area (Å²) in [5, 5.41) is 5.22. The van der Waals surface area contributed by atoms with Gasteiger partial charge in [-0.15, -0.1) is 0 Å². The summed E-state index contributed by atoms with van der Waals surface area (Å²) in [6.07, 6.45) is 1.39. The largest absolute Gasteiger partial charge is 0.371 e. The van der Waals surface area contributed by atoms with Crippen molar-refractivity contribution in [3.63, 3.8) is 0 Å². The summed E-state index contributed by atoms with van der Waals surface area (Å²) >= 11 is 0. The highest BCUT2D eigenvalue weighted by molar-refractivity contribution is 5.97. The predicted octanol–water partition coefficient (Wildman–Crippen LogP) is -1.23. The Morgan fingerprint density at radius 1 is 1.53 bits per heavy atom. The third kappa shape index (κ3) is 2.25. The number of nitrogens with two attached hydrogens (primary N) is 1. The molecule has 0 unspecified atom stereocenters. The van der Waals surface area contributed by atoms with Gasteiger partial charge in [0.05, 0.1) is 6.33 Å². The Kier molecular flexibility index (Phi) is 3.27. The Morgan fingerprint density at radius 3 is 2.67 bits per heavy atom. The van der Waals surface area contributed by atoms with Crippen molar-refractivity contribution in [1.29, 1.82) is 0 Å². The van der Waals surface area contributed by atoms with Crippen LogP contribution in [0.15, 0.2) is 6.33 Å². The van der Waals surface area contributed by atoms with Gasteiger partial charge < -0.3 is 20.9 Å². The molecule has 0 spiro atoms. The first-order valence-electron chi connectivity index (χ1n) is 4.33. The molecule has 7 heteroatoms. The Hall–Kier alpha value is -2.05. The van der Waals surface area contributed by atoms with E-state index in [0.29, 0.717) is 11.5 Å². The van der Waals surface area contributed by atoms with Crippen molar-refractivity contribution in [2.45, 2.75) is 6.54 Å². The van der Waals surface area contributed by atoms with Crippen molar-refractivity contribution >= 4 is 17.6 Å². The fourth-order valence-corrected chi connectivity index (χ4v) is 1.21. The number of aromatic nitrogens is 2. The molecule has 1 aromatic rings. The summed E-state index contributed by atoms with van der Waals surface area (Å²) in [7, 11) is 3.15. The highest BCUT2D eigenvalue weighted by Gasteiger charge is 2.17. The van der Waals surface area contributed by atoms with Crippen LogP contribution < -0.4 is 16.4 Å². The average molecular weight is 211 g/mol. The van der Waals surface area contributed by atoms with Gasteiger partial charge in [-0.25, -0.2) is 4.98 Å². The van der Waals surface area contributed by atoms with Crippen LogP contribution in [0.4, 0.5) is 5.82 Å². The topological polar surface area (TPSA) is 102 Å². The lowest BCUT2D eigenvalue weighted by Gasteiger charge is -2.06. The monoisotopic (exact) mass is 211 g/mol. The van der Waals surface area contributed by atoms with Gasteiger partial charge in [-0.05, 0) is 0 Å². The van der Waals surface area contributed by atoms with Gasteiger partial charge in [-0.2, -0.15) is 0 Å². The molecule has 0 fully saturated rings. The number of nitrogens with zero attached hydrogens (tertiary/aromatic N) is 2. The van der Waals surface area contributed by atoms with Crippen molar-refractivity contribution in [3.05, 3.63) is 12.0 Å². The van der Waals surface area contributed by atoms with Gasteiger partial charge in [0.25, 0.3) is 5.91 Å². The number of amides is 2. The standard InChI is InChI=1S/C8H13N5O2/c1-10-7-6(8(15)11-2)13(4-12-7)3-5(9)14/h4,10H,3H2,1-2H3,(H2,9,14)(H,11,15). The number of anilines is 1. The van der Waals surface area contributed by atoms with Crippen LogP contribution in [0, 0.1) is 0 Å². The predicted molar refractivity (Wildman–Crippen MR) is 54.4 cm³/mol. The molecule has 2 amide bonds. The lowest BCUT2D eigenvalue weighted by atomic mass is 10.4. The Balaban J connectivity index is 3.10. The summed E-state index contributed by atoms with van der Waals surface area (Å²) in [5.41, 5.74) is 5.34. The summed E-state index contributed by atoms with van der Waals surface area (Å²) in [6, 6.07) is 0. The van der Waals surface area contributed by atoms with Crippen LogP contribution in [-0.4, -0.2) is 35.5 Å². The molecular formula is C8H13N5O2. The number of nitrogens with one attached hydrogen (secondary N) is 2. The van der Waals surface area contributed by atoms with E-state index in [-0.39, 0.29) is 12.5 Å². The number of hydrogen-bond donors (Lipinski definition) is 3. The molecule has 1 rings (SSSR count). The maximum atomic E-state index is 11.5. The van der Waals surface area contributed by atoms with Crippen LogP contribution in [0.25, 0.3) is 0 Å². The summed E-state index contributed by atoms with van der Waals surface area (Å²) in [4.78, 5) is 26.2. The van der Waals surface area contributed by atoms with Crippen LogP contribution in [-0.2, 0) is 11.3 Å². The van der Waals surface area contributed by atoms with E-state index in [9.17, 15) is 9.59 Å². The number of carbonyl (C=O) groups is 2. The van der Waals surface area contributed by atoms with Crippen molar-refractivity contribution < 1.29 is 9.59 Å². The molecule has 1 aromatic heterocycles. The first kappa shape index (κ1) is 11.0. The van der Waals surface area contributed by atoms with Gasteiger partial charge in [0, 0.05) is 14.1 Å². The summed E-state index contributed by atoms with van der Waals surface area (Å²) in [6.45, 7) is -0.0720. The van der Waals surface area contributed by atoms with E-state index in [4.69, 9.17) is 5.73 Å². The Bertz CT molecular complexity index is 384. The van der Waals surface area contributed by atoms with E-state index in [1.807, 2.05) is 0 Å². The lowest BCUT2D eigenvalue weighted by Crippen LogP contribution is -2.26. The fourth-order valence-electron chi connectivity index (χ4n) is 1.21.